The molecule has 1 saturated heterocycles. The van der Waals surface area contributed by atoms with Crippen molar-refractivity contribution in [1.82, 2.24) is 24.4 Å². The molecule has 1 unspecified atom stereocenters. The van der Waals surface area contributed by atoms with Gasteiger partial charge in [0.1, 0.15) is 11.1 Å². The number of aliphatic hydroxyl groups is 1. The lowest BCUT2D eigenvalue weighted by Crippen LogP contribution is -2.45. The molecular formula is C26H28N6O2. The number of aryl methyl sites for hydroxylation is 1. The van der Waals surface area contributed by atoms with Gasteiger partial charge < -0.3 is 19.5 Å². The fourth-order valence-electron chi connectivity index (χ4n) is 4.68. The van der Waals surface area contributed by atoms with E-state index in [2.05, 4.69) is 19.9 Å². The summed E-state index contributed by atoms with van der Waals surface area (Å²) in [6.45, 7) is 3.98. The number of nitrogens with zero attached hydrogens (tertiary/aromatic N) is 6. The predicted molar refractivity (Wildman–Crippen MR) is 131 cm³/mol. The Morgan fingerprint density at radius 2 is 2.09 bits per heavy atom. The Bertz CT molecular complexity index is 1320. The summed E-state index contributed by atoms with van der Waals surface area (Å²) < 4.78 is 1.96. The summed E-state index contributed by atoms with van der Waals surface area (Å²) in [6.07, 6.45) is 7.73. The van der Waals surface area contributed by atoms with Gasteiger partial charge in [0.05, 0.1) is 24.1 Å². The monoisotopic (exact) mass is 456 g/mol. The van der Waals surface area contributed by atoms with E-state index in [9.17, 15) is 9.90 Å². The smallest absolute Gasteiger partial charge is 0.253 e. The number of anilines is 1. The average Bonchev–Trinajstić information content (AvgIpc) is 3.48. The maximum atomic E-state index is 13.2. The zero-order valence-corrected chi connectivity index (χ0v) is 19.4. The fourth-order valence-corrected chi connectivity index (χ4v) is 4.68. The molecule has 1 aliphatic rings. The van der Waals surface area contributed by atoms with E-state index in [-0.39, 0.29) is 12.5 Å². The van der Waals surface area contributed by atoms with Crippen LogP contribution >= 0.6 is 0 Å². The van der Waals surface area contributed by atoms with Gasteiger partial charge in [0.25, 0.3) is 5.91 Å². The van der Waals surface area contributed by atoms with Crippen LogP contribution in [0.4, 0.5) is 5.69 Å². The molecule has 1 aliphatic heterocycles. The van der Waals surface area contributed by atoms with Crippen molar-refractivity contribution in [3.8, 4) is 0 Å². The molecule has 1 amide bonds. The molecule has 1 fully saturated rings. The molecule has 4 aromatic rings. The molecule has 0 bridgehead atoms. The summed E-state index contributed by atoms with van der Waals surface area (Å²) in [6, 6.07) is 13.5. The number of amides is 1. The molecule has 0 saturated carbocycles. The van der Waals surface area contributed by atoms with Crippen LogP contribution in [0.3, 0.4) is 0 Å². The average molecular weight is 457 g/mol. The number of fused-ring (bicyclic) bond motifs is 1. The number of aromatic nitrogens is 4. The van der Waals surface area contributed by atoms with Gasteiger partial charge in [-0.05, 0) is 49.2 Å². The zero-order valence-electron chi connectivity index (χ0n) is 19.4. The molecular weight excluding hydrogens is 428 g/mol. The van der Waals surface area contributed by atoms with Crippen LogP contribution in [0.1, 0.15) is 28.0 Å². The highest BCUT2D eigenvalue weighted by molar-refractivity contribution is 5.94. The van der Waals surface area contributed by atoms with Crippen LogP contribution in [0.25, 0.3) is 11.0 Å². The Morgan fingerprint density at radius 3 is 2.91 bits per heavy atom. The van der Waals surface area contributed by atoms with E-state index < -0.39 is 5.60 Å². The lowest BCUT2D eigenvalue weighted by atomic mass is 10.0. The van der Waals surface area contributed by atoms with Crippen molar-refractivity contribution in [3.63, 3.8) is 0 Å². The van der Waals surface area contributed by atoms with Gasteiger partial charge in [-0.25, -0.2) is 9.97 Å². The summed E-state index contributed by atoms with van der Waals surface area (Å²) in [5, 5.41) is 11.4. The van der Waals surface area contributed by atoms with E-state index in [1.54, 1.807) is 30.7 Å². The zero-order chi connectivity index (χ0) is 23.7. The van der Waals surface area contributed by atoms with Gasteiger partial charge in [-0.15, -0.1) is 0 Å². The molecule has 0 aliphatic carbocycles. The predicted octanol–water partition coefficient (Wildman–Crippen LogP) is 2.90. The minimum Gasteiger partial charge on any atom is -0.386 e. The van der Waals surface area contributed by atoms with Crippen molar-refractivity contribution >= 4 is 22.6 Å². The molecule has 1 N–H and O–H groups in total. The van der Waals surface area contributed by atoms with Crippen LogP contribution in [0, 0.1) is 6.92 Å². The van der Waals surface area contributed by atoms with Gasteiger partial charge in [-0.2, -0.15) is 0 Å². The Hall–Kier alpha value is -3.78. The summed E-state index contributed by atoms with van der Waals surface area (Å²) in [5.41, 5.74) is 4.20. The third-order valence-corrected chi connectivity index (χ3v) is 6.35. The minimum absolute atomic E-state index is 0.106. The van der Waals surface area contributed by atoms with Crippen molar-refractivity contribution < 1.29 is 9.90 Å². The SMILES string of the molecule is Cc1ccc2nccc(N3CCC(O)(CN(C)C(=O)c4cccc(Cn5ccnc5)c4)C3)c2n1. The van der Waals surface area contributed by atoms with E-state index in [1.165, 1.54) is 0 Å². The first-order valence-electron chi connectivity index (χ1n) is 11.4. The largest absolute Gasteiger partial charge is 0.386 e. The summed E-state index contributed by atoms with van der Waals surface area (Å²) in [5.74, 6) is -0.106. The summed E-state index contributed by atoms with van der Waals surface area (Å²) >= 11 is 0. The van der Waals surface area contributed by atoms with Crippen molar-refractivity contribution in [3.05, 3.63) is 84.2 Å². The highest BCUT2D eigenvalue weighted by Crippen LogP contribution is 2.31. The minimum atomic E-state index is -1.00. The molecule has 3 aromatic heterocycles. The van der Waals surface area contributed by atoms with Crippen LogP contribution in [0.2, 0.25) is 0 Å². The maximum Gasteiger partial charge on any atom is 0.253 e. The quantitative estimate of drug-likeness (QED) is 0.480. The highest BCUT2D eigenvalue weighted by atomic mass is 16.3. The first kappa shape index (κ1) is 22.0. The highest BCUT2D eigenvalue weighted by Gasteiger charge is 2.38. The second-order valence-electron chi connectivity index (χ2n) is 9.14. The van der Waals surface area contributed by atoms with Crippen molar-refractivity contribution in [2.45, 2.75) is 25.5 Å². The van der Waals surface area contributed by atoms with Crippen LogP contribution in [-0.2, 0) is 6.54 Å². The summed E-state index contributed by atoms with van der Waals surface area (Å²) in [7, 11) is 1.75. The number of carbonyl (C=O) groups excluding carboxylic acids is 1. The topological polar surface area (TPSA) is 87.4 Å². The maximum absolute atomic E-state index is 13.2. The van der Waals surface area contributed by atoms with Gasteiger partial charge in [0.15, 0.2) is 0 Å². The van der Waals surface area contributed by atoms with Crippen molar-refractivity contribution in [2.75, 3.05) is 31.6 Å². The lowest BCUT2D eigenvalue weighted by molar-refractivity contribution is 0.0264. The van der Waals surface area contributed by atoms with E-state index in [0.717, 1.165) is 28.0 Å². The van der Waals surface area contributed by atoms with Crippen molar-refractivity contribution in [2.24, 2.45) is 0 Å². The summed E-state index contributed by atoms with van der Waals surface area (Å²) in [4.78, 5) is 30.1. The molecule has 8 nitrogen and oxygen atoms in total. The number of β-amino-alcohol motifs (C(OH)–C–C–N with tert-alkyl or cyclic N) is 1. The molecule has 5 rings (SSSR count). The van der Waals surface area contributed by atoms with Crippen LogP contribution in [0.5, 0.6) is 0 Å². The van der Waals surface area contributed by atoms with Gasteiger partial charge in [-0.1, -0.05) is 12.1 Å². The van der Waals surface area contributed by atoms with Gasteiger partial charge >= 0.3 is 0 Å². The Kier molecular flexibility index (Phi) is 5.75. The molecule has 34 heavy (non-hydrogen) atoms. The standard InChI is InChI=1S/C26H28N6O2/c1-19-6-7-22-24(29-19)23(8-10-28-22)32-12-9-26(34,17-32)16-30(2)25(33)21-5-3-4-20(14-21)15-31-13-11-27-18-31/h3-8,10-11,13-14,18,34H,9,12,15-17H2,1-2H3. The van der Waals surface area contributed by atoms with Gasteiger partial charge in [0.2, 0.25) is 0 Å². The molecule has 0 radical (unpaired) electrons. The number of rotatable bonds is 6. The molecule has 8 heteroatoms. The van der Waals surface area contributed by atoms with Crippen LogP contribution in [0.15, 0.2) is 67.4 Å². The molecule has 0 spiro atoms. The van der Waals surface area contributed by atoms with E-state index >= 15 is 0 Å². The van der Waals surface area contributed by atoms with E-state index in [1.807, 2.05) is 60.2 Å². The number of pyridine rings is 2. The number of hydrogen-bond acceptors (Lipinski definition) is 6. The Morgan fingerprint density at radius 1 is 1.21 bits per heavy atom. The third-order valence-electron chi connectivity index (χ3n) is 6.35. The number of hydrogen-bond donors (Lipinski definition) is 1. The van der Waals surface area contributed by atoms with Crippen molar-refractivity contribution in [1.29, 1.82) is 0 Å². The van der Waals surface area contributed by atoms with Crippen LogP contribution < -0.4 is 4.90 Å². The first-order valence-corrected chi connectivity index (χ1v) is 11.4. The fraction of sp³-hybridized carbons (Fsp3) is 0.308. The number of carbonyl (C=O) groups is 1. The number of imidazole rings is 1. The number of benzene rings is 1. The van der Waals surface area contributed by atoms with Gasteiger partial charge in [0, 0.05) is 56.5 Å². The molecule has 4 heterocycles. The van der Waals surface area contributed by atoms with Crippen LogP contribution in [-0.4, -0.2) is 67.7 Å². The Balaban J connectivity index is 1.29. The van der Waals surface area contributed by atoms with Gasteiger partial charge in [-0.3, -0.25) is 9.78 Å². The first-order chi connectivity index (χ1) is 16.4. The molecule has 1 aromatic carbocycles. The van der Waals surface area contributed by atoms with E-state index in [0.29, 0.717) is 31.6 Å². The normalized spacial score (nSPS) is 17.9. The second kappa shape index (κ2) is 8.87. The Labute approximate surface area is 198 Å². The second-order valence-corrected chi connectivity index (χ2v) is 9.14. The number of likely N-dealkylation sites (N-methyl/N-ethyl adjacent to an activating group) is 1. The third kappa shape index (κ3) is 4.49. The molecule has 1 atom stereocenters. The lowest BCUT2D eigenvalue weighted by Gasteiger charge is -2.29. The van der Waals surface area contributed by atoms with E-state index in [4.69, 9.17) is 0 Å². The molecule has 174 valence electrons.